The van der Waals surface area contributed by atoms with Gasteiger partial charge in [-0.05, 0) is 32.3 Å². The second-order valence-corrected chi connectivity index (χ2v) is 6.36. The monoisotopic (exact) mass is 329 g/mol. The minimum Gasteiger partial charge on any atom is -0.345 e. The number of benzene rings is 1. The number of aromatic nitrogens is 2. The van der Waals surface area contributed by atoms with Crippen molar-refractivity contribution in [3.63, 3.8) is 0 Å². The van der Waals surface area contributed by atoms with E-state index in [-0.39, 0.29) is 11.8 Å². The number of hydrogen-bond donors (Lipinski definition) is 1. The summed E-state index contributed by atoms with van der Waals surface area (Å²) >= 11 is 0. The van der Waals surface area contributed by atoms with Gasteiger partial charge in [0.05, 0.1) is 17.4 Å². The fraction of sp³-hybridized carbons (Fsp3) is 0.471. The molecule has 0 bridgehead atoms. The van der Waals surface area contributed by atoms with Crippen molar-refractivity contribution in [3.05, 3.63) is 30.1 Å². The number of carbonyl (C=O) groups excluding carboxylic acids is 2. The number of aromatic amines is 1. The molecular formula is C17H23N5O2. The maximum absolute atomic E-state index is 12.6. The van der Waals surface area contributed by atoms with E-state index in [9.17, 15) is 9.59 Å². The summed E-state index contributed by atoms with van der Waals surface area (Å²) < 4.78 is 0. The third-order valence-electron chi connectivity index (χ3n) is 4.36. The molecule has 2 heterocycles. The van der Waals surface area contributed by atoms with Gasteiger partial charge in [0.2, 0.25) is 5.91 Å². The Balaban J connectivity index is 1.57. The quantitative estimate of drug-likeness (QED) is 0.900. The molecule has 1 N–H and O–H groups in total. The number of fused-ring (bicyclic) bond motifs is 1. The van der Waals surface area contributed by atoms with E-state index < -0.39 is 0 Å². The average Bonchev–Trinajstić information content (AvgIpc) is 3.06. The second kappa shape index (κ2) is 7.00. The fourth-order valence-corrected chi connectivity index (χ4v) is 2.89. The molecule has 7 heteroatoms. The highest BCUT2D eigenvalue weighted by Gasteiger charge is 2.24. The summed E-state index contributed by atoms with van der Waals surface area (Å²) in [6.07, 6.45) is 2.15. The summed E-state index contributed by atoms with van der Waals surface area (Å²) in [5.41, 5.74) is 2.36. The van der Waals surface area contributed by atoms with Gasteiger partial charge in [0.1, 0.15) is 0 Å². The van der Waals surface area contributed by atoms with Crippen molar-refractivity contribution in [2.45, 2.75) is 6.42 Å². The lowest BCUT2D eigenvalue weighted by Gasteiger charge is -2.35. The predicted octanol–water partition coefficient (Wildman–Crippen LogP) is 0.799. The van der Waals surface area contributed by atoms with Gasteiger partial charge in [0, 0.05) is 44.7 Å². The van der Waals surface area contributed by atoms with E-state index in [1.165, 1.54) is 0 Å². The molecule has 0 radical (unpaired) electrons. The van der Waals surface area contributed by atoms with Crippen LogP contribution in [0.5, 0.6) is 0 Å². The van der Waals surface area contributed by atoms with Crippen LogP contribution in [-0.4, -0.2) is 83.3 Å². The molecule has 0 saturated carbocycles. The molecule has 1 saturated heterocycles. The zero-order chi connectivity index (χ0) is 17.1. The van der Waals surface area contributed by atoms with Crippen LogP contribution in [-0.2, 0) is 4.79 Å². The standard InChI is InChI=1S/C17H23N5O2/c1-20(2)6-5-16(23)21-7-9-22(10-8-21)17(24)13-3-4-14-15(11-13)19-12-18-14/h3-4,11-12H,5-10H2,1-2H3,(H,18,19). The Morgan fingerprint density at radius 3 is 2.58 bits per heavy atom. The highest BCUT2D eigenvalue weighted by Crippen LogP contribution is 2.15. The lowest BCUT2D eigenvalue weighted by Crippen LogP contribution is -2.50. The number of rotatable bonds is 4. The van der Waals surface area contributed by atoms with Crippen molar-refractivity contribution >= 4 is 22.8 Å². The Kier molecular flexibility index (Phi) is 4.80. The van der Waals surface area contributed by atoms with Gasteiger partial charge in [-0.3, -0.25) is 9.59 Å². The summed E-state index contributed by atoms with van der Waals surface area (Å²) in [5.74, 6) is 0.168. The third-order valence-corrected chi connectivity index (χ3v) is 4.36. The Bertz CT molecular complexity index is 731. The zero-order valence-corrected chi connectivity index (χ0v) is 14.2. The Morgan fingerprint density at radius 2 is 1.88 bits per heavy atom. The maximum atomic E-state index is 12.6. The highest BCUT2D eigenvalue weighted by molar-refractivity contribution is 5.97. The third kappa shape index (κ3) is 3.56. The lowest BCUT2D eigenvalue weighted by molar-refractivity contribution is -0.132. The van der Waals surface area contributed by atoms with E-state index in [1.807, 2.05) is 40.9 Å². The Hall–Kier alpha value is -2.41. The van der Waals surface area contributed by atoms with Gasteiger partial charge in [-0.25, -0.2) is 4.98 Å². The van der Waals surface area contributed by atoms with Crippen LogP contribution in [0.2, 0.25) is 0 Å². The van der Waals surface area contributed by atoms with Gasteiger partial charge >= 0.3 is 0 Å². The molecular weight excluding hydrogens is 306 g/mol. The number of H-pyrrole nitrogens is 1. The summed E-state index contributed by atoms with van der Waals surface area (Å²) in [5, 5.41) is 0. The lowest BCUT2D eigenvalue weighted by atomic mass is 10.1. The van der Waals surface area contributed by atoms with E-state index in [1.54, 1.807) is 12.4 Å². The molecule has 0 atom stereocenters. The van der Waals surface area contributed by atoms with Crippen LogP contribution in [0.3, 0.4) is 0 Å². The van der Waals surface area contributed by atoms with Gasteiger partial charge in [-0.2, -0.15) is 0 Å². The van der Waals surface area contributed by atoms with Crippen LogP contribution >= 0.6 is 0 Å². The van der Waals surface area contributed by atoms with E-state index in [0.29, 0.717) is 38.2 Å². The van der Waals surface area contributed by atoms with Crippen LogP contribution in [0.25, 0.3) is 11.0 Å². The van der Waals surface area contributed by atoms with Crippen molar-refractivity contribution in [2.24, 2.45) is 0 Å². The second-order valence-electron chi connectivity index (χ2n) is 6.36. The molecule has 0 aliphatic carbocycles. The van der Waals surface area contributed by atoms with Gasteiger partial charge in [-0.15, -0.1) is 0 Å². The summed E-state index contributed by atoms with van der Waals surface area (Å²) in [7, 11) is 3.92. The Labute approximate surface area is 141 Å². The zero-order valence-electron chi connectivity index (χ0n) is 14.2. The van der Waals surface area contributed by atoms with Crippen molar-refractivity contribution in [1.82, 2.24) is 24.7 Å². The topological polar surface area (TPSA) is 72.5 Å². The SMILES string of the molecule is CN(C)CCC(=O)N1CCN(C(=O)c2ccc3nc[nH]c3c2)CC1. The van der Waals surface area contributed by atoms with Crippen molar-refractivity contribution in [3.8, 4) is 0 Å². The van der Waals surface area contributed by atoms with Crippen molar-refractivity contribution < 1.29 is 9.59 Å². The number of nitrogens with zero attached hydrogens (tertiary/aromatic N) is 4. The number of piperazine rings is 1. The van der Waals surface area contributed by atoms with E-state index in [2.05, 4.69) is 9.97 Å². The van der Waals surface area contributed by atoms with Crippen LogP contribution < -0.4 is 0 Å². The fourth-order valence-electron chi connectivity index (χ4n) is 2.89. The average molecular weight is 329 g/mol. The molecule has 2 amide bonds. The first-order valence-corrected chi connectivity index (χ1v) is 8.19. The van der Waals surface area contributed by atoms with Crippen LogP contribution in [0.1, 0.15) is 16.8 Å². The van der Waals surface area contributed by atoms with Crippen LogP contribution in [0.4, 0.5) is 0 Å². The molecule has 24 heavy (non-hydrogen) atoms. The number of imidazole rings is 1. The number of hydrogen-bond acceptors (Lipinski definition) is 4. The molecule has 1 aromatic carbocycles. The van der Waals surface area contributed by atoms with Gasteiger partial charge in [-0.1, -0.05) is 0 Å². The van der Waals surface area contributed by atoms with Gasteiger partial charge in [0.15, 0.2) is 0 Å². The van der Waals surface area contributed by atoms with Crippen LogP contribution in [0.15, 0.2) is 24.5 Å². The molecule has 3 rings (SSSR count). The summed E-state index contributed by atoms with van der Waals surface area (Å²) in [6, 6.07) is 5.49. The molecule has 2 aromatic rings. The molecule has 1 aliphatic rings. The predicted molar refractivity (Wildman–Crippen MR) is 91.7 cm³/mol. The first-order valence-electron chi connectivity index (χ1n) is 8.19. The normalized spacial score (nSPS) is 15.3. The molecule has 0 spiro atoms. The molecule has 1 aliphatic heterocycles. The number of nitrogens with one attached hydrogen (secondary N) is 1. The van der Waals surface area contributed by atoms with Crippen LogP contribution in [0, 0.1) is 0 Å². The van der Waals surface area contributed by atoms with Crippen molar-refractivity contribution in [1.29, 1.82) is 0 Å². The molecule has 1 fully saturated rings. The maximum Gasteiger partial charge on any atom is 0.254 e. The smallest absolute Gasteiger partial charge is 0.254 e. The minimum absolute atomic E-state index is 0.00638. The molecule has 0 unspecified atom stereocenters. The minimum atomic E-state index is 0.00638. The molecule has 7 nitrogen and oxygen atoms in total. The van der Waals surface area contributed by atoms with Gasteiger partial charge in [0.25, 0.3) is 5.91 Å². The highest BCUT2D eigenvalue weighted by atomic mass is 16.2. The van der Waals surface area contributed by atoms with Crippen molar-refractivity contribution in [2.75, 3.05) is 46.8 Å². The first-order chi connectivity index (χ1) is 11.5. The molecule has 128 valence electrons. The van der Waals surface area contributed by atoms with E-state index in [4.69, 9.17) is 0 Å². The first kappa shape index (κ1) is 16.4. The largest absolute Gasteiger partial charge is 0.345 e. The summed E-state index contributed by atoms with van der Waals surface area (Å²) in [6.45, 7) is 3.11. The van der Waals surface area contributed by atoms with Gasteiger partial charge < -0.3 is 19.7 Å². The number of amides is 2. The van der Waals surface area contributed by atoms with E-state index >= 15 is 0 Å². The number of carbonyl (C=O) groups is 2. The molecule has 1 aromatic heterocycles. The van der Waals surface area contributed by atoms with E-state index in [0.717, 1.165) is 17.6 Å². The summed E-state index contributed by atoms with van der Waals surface area (Å²) in [4.78, 5) is 37.6. The Morgan fingerprint density at radius 1 is 1.17 bits per heavy atom.